The Bertz CT molecular complexity index is 650. The first-order valence-electron chi connectivity index (χ1n) is 7.39. The molecule has 22 heavy (non-hydrogen) atoms. The number of hydrogen-bond acceptors (Lipinski definition) is 4. The van der Waals surface area contributed by atoms with Gasteiger partial charge in [0.05, 0.1) is 10.4 Å². The fraction of sp³-hybridized carbons (Fsp3) is 0.533. The number of rotatable bonds is 4. The van der Waals surface area contributed by atoms with Crippen LogP contribution in [0.1, 0.15) is 32.1 Å². The Kier molecular flexibility index (Phi) is 4.89. The first-order valence-corrected chi connectivity index (χ1v) is 8.83. The van der Waals surface area contributed by atoms with Crippen molar-refractivity contribution in [2.75, 3.05) is 19.4 Å². The number of sulfonamides is 1. The van der Waals surface area contributed by atoms with Crippen LogP contribution in [0.25, 0.3) is 0 Å². The highest BCUT2D eigenvalue weighted by atomic mass is 32.2. The summed E-state index contributed by atoms with van der Waals surface area (Å²) in [7, 11) is -0.585. The van der Waals surface area contributed by atoms with Crippen LogP contribution in [0.4, 0.5) is 5.69 Å². The van der Waals surface area contributed by atoms with E-state index < -0.39 is 15.6 Å². The minimum Gasteiger partial charge on any atom is -0.324 e. The molecule has 0 spiro atoms. The molecule has 0 bridgehead atoms. The van der Waals surface area contributed by atoms with Gasteiger partial charge in [-0.2, -0.15) is 0 Å². The molecule has 1 amide bonds. The molecule has 1 aliphatic carbocycles. The van der Waals surface area contributed by atoms with Crippen LogP contribution >= 0.6 is 0 Å². The van der Waals surface area contributed by atoms with Crippen LogP contribution < -0.4 is 11.1 Å². The number of nitrogens with one attached hydrogen (secondary N) is 1. The van der Waals surface area contributed by atoms with E-state index in [4.69, 9.17) is 5.73 Å². The van der Waals surface area contributed by atoms with Gasteiger partial charge in [-0.25, -0.2) is 12.7 Å². The molecule has 0 saturated heterocycles. The maximum atomic E-state index is 12.4. The second kappa shape index (κ2) is 6.36. The molecular formula is C15H23N3O3S. The monoisotopic (exact) mass is 325 g/mol. The Labute approximate surface area is 131 Å². The van der Waals surface area contributed by atoms with Crippen LogP contribution in [0, 0.1) is 0 Å². The number of carbonyl (C=O) groups is 1. The second-order valence-electron chi connectivity index (χ2n) is 5.99. The van der Waals surface area contributed by atoms with Gasteiger partial charge in [0.25, 0.3) is 0 Å². The SMILES string of the molecule is CN(C)S(=O)(=O)c1cccc(NC(=O)C2(N)CCCCC2)c1. The molecule has 3 N–H and O–H groups in total. The zero-order valence-corrected chi connectivity index (χ0v) is 13.8. The molecule has 0 unspecified atom stereocenters. The van der Waals surface area contributed by atoms with Crippen molar-refractivity contribution in [3.63, 3.8) is 0 Å². The number of hydrogen-bond donors (Lipinski definition) is 2. The topological polar surface area (TPSA) is 92.5 Å². The van der Waals surface area contributed by atoms with E-state index >= 15 is 0 Å². The Morgan fingerprint density at radius 3 is 2.45 bits per heavy atom. The maximum Gasteiger partial charge on any atom is 0.244 e. The zero-order chi connectivity index (χ0) is 16.4. The zero-order valence-electron chi connectivity index (χ0n) is 13.0. The van der Waals surface area contributed by atoms with Crippen LogP contribution in [0.3, 0.4) is 0 Å². The van der Waals surface area contributed by atoms with Gasteiger partial charge in [-0.15, -0.1) is 0 Å². The van der Waals surface area contributed by atoms with E-state index in [2.05, 4.69) is 5.32 Å². The van der Waals surface area contributed by atoms with Gasteiger partial charge in [0.1, 0.15) is 0 Å². The molecule has 1 fully saturated rings. The average Bonchev–Trinajstić information content (AvgIpc) is 2.48. The van der Waals surface area contributed by atoms with Crippen LogP contribution in [-0.4, -0.2) is 38.3 Å². The van der Waals surface area contributed by atoms with Crippen molar-refractivity contribution < 1.29 is 13.2 Å². The molecule has 0 radical (unpaired) electrons. The van der Waals surface area contributed by atoms with E-state index in [1.54, 1.807) is 12.1 Å². The van der Waals surface area contributed by atoms with Crippen molar-refractivity contribution in [3.05, 3.63) is 24.3 Å². The van der Waals surface area contributed by atoms with Crippen molar-refractivity contribution >= 4 is 21.6 Å². The Hall–Kier alpha value is -1.44. The summed E-state index contributed by atoms with van der Waals surface area (Å²) in [6.07, 6.45) is 4.31. The van der Waals surface area contributed by atoms with Gasteiger partial charge in [-0.1, -0.05) is 25.3 Å². The number of amides is 1. The highest BCUT2D eigenvalue weighted by Crippen LogP contribution is 2.27. The van der Waals surface area contributed by atoms with Crippen LogP contribution in [0.15, 0.2) is 29.2 Å². The summed E-state index contributed by atoms with van der Waals surface area (Å²) in [5, 5.41) is 2.76. The first kappa shape index (κ1) is 16.9. The summed E-state index contributed by atoms with van der Waals surface area (Å²) in [4.78, 5) is 12.5. The first-order chi connectivity index (χ1) is 10.3. The summed E-state index contributed by atoms with van der Waals surface area (Å²) >= 11 is 0. The standard InChI is InChI=1S/C15H23N3O3S/c1-18(2)22(20,21)13-8-6-7-12(11-13)17-14(19)15(16)9-4-3-5-10-15/h6-8,11H,3-5,9-10,16H2,1-2H3,(H,17,19). The summed E-state index contributed by atoms with van der Waals surface area (Å²) in [5.74, 6) is -0.244. The largest absolute Gasteiger partial charge is 0.324 e. The highest BCUT2D eigenvalue weighted by molar-refractivity contribution is 7.89. The van der Waals surface area contributed by atoms with Gasteiger partial charge in [0, 0.05) is 19.8 Å². The third kappa shape index (κ3) is 3.48. The lowest BCUT2D eigenvalue weighted by Crippen LogP contribution is -2.52. The molecule has 2 rings (SSSR count). The summed E-state index contributed by atoms with van der Waals surface area (Å²) in [6.45, 7) is 0. The lowest BCUT2D eigenvalue weighted by atomic mass is 9.82. The van der Waals surface area contributed by atoms with Crippen LogP contribution in [0.5, 0.6) is 0 Å². The molecule has 122 valence electrons. The van der Waals surface area contributed by atoms with E-state index in [0.717, 1.165) is 23.6 Å². The maximum absolute atomic E-state index is 12.4. The van der Waals surface area contributed by atoms with Gasteiger partial charge in [-0.3, -0.25) is 4.79 Å². The highest BCUT2D eigenvalue weighted by Gasteiger charge is 2.35. The van der Waals surface area contributed by atoms with Gasteiger partial charge >= 0.3 is 0 Å². The third-order valence-corrected chi connectivity index (χ3v) is 5.88. The Morgan fingerprint density at radius 1 is 1.23 bits per heavy atom. The van der Waals surface area contributed by atoms with Crippen molar-refractivity contribution in [1.29, 1.82) is 0 Å². The van der Waals surface area contributed by atoms with Gasteiger partial charge < -0.3 is 11.1 Å². The molecule has 0 atom stereocenters. The van der Waals surface area contributed by atoms with E-state index in [1.807, 2.05) is 0 Å². The minimum atomic E-state index is -3.52. The number of nitrogens with two attached hydrogens (primary N) is 1. The van der Waals surface area contributed by atoms with Gasteiger partial charge in [0.2, 0.25) is 15.9 Å². The molecule has 1 aromatic rings. The molecule has 6 nitrogen and oxygen atoms in total. The number of anilines is 1. The predicted molar refractivity (Wildman–Crippen MR) is 85.9 cm³/mol. The third-order valence-electron chi connectivity index (χ3n) is 4.07. The normalized spacial score (nSPS) is 18.2. The van der Waals surface area contributed by atoms with E-state index in [1.165, 1.54) is 26.2 Å². The molecule has 1 aromatic carbocycles. The molecule has 0 heterocycles. The minimum absolute atomic E-state index is 0.144. The van der Waals surface area contributed by atoms with E-state index in [-0.39, 0.29) is 10.8 Å². The lowest BCUT2D eigenvalue weighted by molar-refractivity contribution is -0.122. The van der Waals surface area contributed by atoms with Gasteiger partial charge in [-0.05, 0) is 31.0 Å². The van der Waals surface area contributed by atoms with E-state index in [0.29, 0.717) is 18.5 Å². The van der Waals surface area contributed by atoms with Crippen molar-refractivity contribution in [2.24, 2.45) is 5.73 Å². The number of carbonyl (C=O) groups excluding carboxylic acids is 1. The summed E-state index contributed by atoms with van der Waals surface area (Å²) in [5.41, 5.74) is 5.78. The number of nitrogens with zero attached hydrogens (tertiary/aromatic N) is 1. The smallest absolute Gasteiger partial charge is 0.244 e. The van der Waals surface area contributed by atoms with Crippen molar-refractivity contribution in [3.8, 4) is 0 Å². The van der Waals surface area contributed by atoms with Gasteiger partial charge in [0.15, 0.2) is 0 Å². The van der Waals surface area contributed by atoms with Crippen molar-refractivity contribution in [2.45, 2.75) is 42.5 Å². The van der Waals surface area contributed by atoms with Crippen LogP contribution in [-0.2, 0) is 14.8 Å². The molecule has 1 aliphatic rings. The fourth-order valence-electron chi connectivity index (χ4n) is 2.61. The average molecular weight is 325 g/mol. The number of benzene rings is 1. The fourth-order valence-corrected chi connectivity index (χ4v) is 3.56. The summed E-state index contributed by atoms with van der Waals surface area (Å²) < 4.78 is 25.4. The summed E-state index contributed by atoms with van der Waals surface area (Å²) in [6, 6.07) is 6.23. The Morgan fingerprint density at radius 2 is 1.86 bits per heavy atom. The molecule has 0 aromatic heterocycles. The molecular weight excluding hydrogens is 302 g/mol. The van der Waals surface area contributed by atoms with Crippen molar-refractivity contribution in [1.82, 2.24) is 4.31 Å². The second-order valence-corrected chi connectivity index (χ2v) is 8.14. The quantitative estimate of drug-likeness (QED) is 0.878. The molecule has 7 heteroatoms. The van der Waals surface area contributed by atoms with Crippen LogP contribution in [0.2, 0.25) is 0 Å². The lowest BCUT2D eigenvalue weighted by Gasteiger charge is -2.31. The van der Waals surface area contributed by atoms with E-state index in [9.17, 15) is 13.2 Å². The molecule has 0 aliphatic heterocycles. The molecule has 1 saturated carbocycles. The predicted octanol–water partition coefficient (Wildman–Crippen LogP) is 1.54. The Balaban J connectivity index is 2.19.